The Morgan fingerprint density at radius 2 is 2.37 bits per heavy atom. The molecule has 0 radical (unpaired) electrons. The molecule has 1 aromatic heterocycles. The van der Waals surface area contributed by atoms with Crippen molar-refractivity contribution in [3.8, 4) is 5.88 Å². The van der Waals surface area contributed by atoms with Crippen molar-refractivity contribution in [1.82, 2.24) is 14.9 Å². The van der Waals surface area contributed by atoms with Crippen molar-refractivity contribution < 1.29 is 9.53 Å². The van der Waals surface area contributed by atoms with Crippen molar-refractivity contribution in [2.75, 3.05) is 19.0 Å². The van der Waals surface area contributed by atoms with Gasteiger partial charge in [-0.1, -0.05) is 6.92 Å². The summed E-state index contributed by atoms with van der Waals surface area (Å²) in [6.07, 6.45) is 5.71. The van der Waals surface area contributed by atoms with Gasteiger partial charge in [0.05, 0.1) is 7.11 Å². The first-order valence-electron chi connectivity index (χ1n) is 6.68. The molecule has 0 bridgehead atoms. The molecule has 0 unspecified atom stereocenters. The zero-order chi connectivity index (χ0) is 13.7. The zero-order valence-corrected chi connectivity index (χ0v) is 11.4. The predicted molar refractivity (Wildman–Crippen MR) is 72.2 cm³/mol. The first-order chi connectivity index (χ1) is 9.24. The lowest BCUT2D eigenvalue weighted by molar-refractivity contribution is 0.160. The molecule has 19 heavy (non-hydrogen) atoms. The third kappa shape index (κ3) is 3.33. The van der Waals surface area contributed by atoms with Crippen LogP contribution in [0.2, 0.25) is 0 Å². The number of nitrogens with zero attached hydrogens (tertiary/aromatic N) is 3. The van der Waals surface area contributed by atoms with Crippen molar-refractivity contribution in [2.24, 2.45) is 0 Å². The summed E-state index contributed by atoms with van der Waals surface area (Å²) in [5.74, 6) is 0.910. The number of likely N-dealkylation sites (tertiary alicyclic amines) is 1. The minimum Gasteiger partial charge on any atom is -0.481 e. The normalized spacial score (nSPS) is 19.1. The van der Waals surface area contributed by atoms with Gasteiger partial charge in [-0.15, -0.1) is 0 Å². The predicted octanol–water partition coefficient (Wildman–Crippen LogP) is 2.28. The maximum Gasteiger partial charge on any atom is 0.323 e. The van der Waals surface area contributed by atoms with E-state index in [0.29, 0.717) is 17.7 Å². The van der Waals surface area contributed by atoms with Crippen LogP contribution in [0.15, 0.2) is 12.4 Å². The average molecular weight is 264 g/mol. The molecule has 1 N–H and O–H groups in total. The maximum atomic E-state index is 12.3. The number of hydrogen-bond donors (Lipinski definition) is 1. The molecule has 0 aliphatic carbocycles. The first-order valence-corrected chi connectivity index (χ1v) is 6.68. The highest BCUT2D eigenvalue weighted by molar-refractivity contribution is 5.88. The molecule has 0 saturated carbocycles. The van der Waals surface area contributed by atoms with Gasteiger partial charge in [-0.3, -0.25) is 5.32 Å². The molecule has 6 heteroatoms. The highest BCUT2D eigenvalue weighted by Gasteiger charge is 2.25. The Morgan fingerprint density at radius 1 is 1.53 bits per heavy atom. The van der Waals surface area contributed by atoms with E-state index in [4.69, 9.17) is 4.74 Å². The number of amides is 2. The quantitative estimate of drug-likeness (QED) is 0.909. The van der Waals surface area contributed by atoms with E-state index in [1.54, 1.807) is 6.07 Å². The zero-order valence-electron chi connectivity index (χ0n) is 11.4. The van der Waals surface area contributed by atoms with Gasteiger partial charge < -0.3 is 9.64 Å². The van der Waals surface area contributed by atoms with E-state index >= 15 is 0 Å². The number of ether oxygens (including phenoxy) is 1. The van der Waals surface area contributed by atoms with E-state index in [-0.39, 0.29) is 6.03 Å². The fourth-order valence-electron chi connectivity index (χ4n) is 2.39. The number of anilines is 1. The molecule has 1 atom stereocenters. The van der Waals surface area contributed by atoms with E-state index in [2.05, 4.69) is 22.2 Å². The number of piperidine rings is 1. The summed E-state index contributed by atoms with van der Waals surface area (Å²) < 4.78 is 5.01. The monoisotopic (exact) mass is 264 g/mol. The van der Waals surface area contributed by atoms with Crippen LogP contribution < -0.4 is 10.1 Å². The van der Waals surface area contributed by atoms with Gasteiger partial charge in [-0.25, -0.2) is 14.8 Å². The minimum absolute atomic E-state index is 0.0905. The Labute approximate surface area is 113 Å². The molecule has 6 nitrogen and oxygen atoms in total. The lowest BCUT2D eigenvalue weighted by Gasteiger charge is -2.35. The Kier molecular flexibility index (Phi) is 4.54. The summed E-state index contributed by atoms with van der Waals surface area (Å²) in [4.78, 5) is 22.1. The number of hydrogen-bond acceptors (Lipinski definition) is 4. The Morgan fingerprint density at radius 3 is 3.11 bits per heavy atom. The van der Waals surface area contributed by atoms with Crippen molar-refractivity contribution in [3.63, 3.8) is 0 Å². The third-order valence-electron chi connectivity index (χ3n) is 3.45. The molecule has 104 valence electrons. The van der Waals surface area contributed by atoms with Crippen LogP contribution in [0.3, 0.4) is 0 Å². The van der Waals surface area contributed by atoms with Gasteiger partial charge in [0.1, 0.15) is 12.1 Å². The van der Waals surface area contributed by atoms with E-state index in [1.807, 2.05) is 4.90 Å². The molecule has 1 saturated heterocycles. The van der Waals surface area contributed by atoms with Crippen molar-refractivity contribution in [2.45, 2.75) is 38.6 Å². The number of carbonyl (C=O) groups excluding carboxylic acids is 1. The summed E-state index contributed by atoms with van der Waals surface area (Å²) in [6.45, 7) is 2.93. The van der Waals surface area contributed by atoms with Gasteiger partial charge in [0, 0.05) is 18.7 Å². The fourth-order valence-corrected chi connectivity index (χ4v) is 2.39. The van der Waals surface area contributed by atoms with Crippen molar-refractivity contribution in [3.05, 3.63) is 12.4 Å². The second-order valence-corrected chi connectivity index (χ2v) is 4.63. The van der Waals surface area contributed by atoms with Crippen LogP contribution in [0.5, 0.6) is 5.88 Å². The van der Waals surface area contributed by atoms with Crippen LogP contribution in [-0.2, 0) is 0 Å². The number of methoxy groups -OCH3 is 1. The molecule has 1 aromatic rings. The van der Waals surface area contributed by atoms with Crippen LogP contribution in [0, 0.1) is 0 Å². The molecule has 0 aromatic carbocycles. The fraction of sp³-hybridized carbons (Fsp3) is 0.615. The van der Waals surface area contributed by atoms with E-state index in [9.17, 15) is 4.79 Å². The van der Waals surface area contributed by atoms with E-state index < -0.39 is 0 Å². The number of urea groups is 1. The van der Waals surface area contributed by atoms with Gasteiger partial charge in [-0.05, 0) is 25.7 Å². The van der Waals surface area contributed by atoms with Crippen LogP contribution in [0.4, 0.5) is 10.6 Å². The SMILES string of the molecule is CC[C@@H]1CCCCN1C(=O)Nc1cc(OC)ncn1. The summed E-state index contributed by atoms with van der Waals surface area (Å²) >= 11 is 0. The number of carbonyl (C=O) groups is 1. The summed E-state index contributed by atoms with van der Waals surface area (Å²) in [6, 6.07) is 1.85. The van der Waals surface area contributed by atoms with Gasteiger partial charge >= 0.3 is 6.03 Å². The van der Waals surface area contributed by atoms with E-state index in [1.165, 1.54) is 19.9 Å². The first kappa shape index (κ1) is 13.6. The second kappa shape index (κ2) is 6.36. The standard InChI is InChI=1S/C13H20N4O2/c1-3-10-6-4-5-7-17(10)13(18)16-11-8-12(19-2)15-9-14-11/h8-10H,3-7H2,1-2H3,(H,14,15,16,18)/t10-/m1/s1. The number of rotatable bonds is 3. The highest BCUT2D eigenvalue weighted by Crippen LogP contribution is 2.20. The van der Waals surface area contributed by atoms with Crippen molar-refractivity contribution >= 4 is 11.8 Å². The van der Waals surface area contributed by atoms with Crippen LogP contribution in [-0.4, -0.2) is 40.6 Å². The summed E-state index contributed by atoms with van der Waals surface area (Å²) in [7, 11) is 1.53. The lowest BCUT2D eigenvalue weighted by atomic mass is 10.0. The van der Waals surface area contributed by atoms with E-state index in [0.717, 1.165) is 25.8 Å². The van der Waals surface area contributed by atoms with Gasteiger partial charge in [0.25, 0.3) is 0 Å². The molecule has 2 amide bonds. The molecule has 1 aliphatic heterocycles. The van der Waals surface area contributed by atoms with Gasteiger partial charge in [0.15, 0.2) is 0 Å². The highest BCUT2D eigenvalue weighted by atomic mass is 16.5. The van der Waals surface area contributed by atoms with Crippen LogP contribution >= 0.6 is 0 Å². The molecule has 1 aliphatic rings. The van der Waals surface area contributed by atoms with Crippen LogP contribution in [0.1, 0.15) is 32.6 Å². The molecular weight excluding hydrogens is 244 g/mol. The summed E-state index contributed by atoms with van der Waals surface area (Å²) in [5.41, 5.74) is 0. The van der Waals surface area contributed by atoms with Gasteiger partial charge in [-0.2, -0.15) is 0 Å². The largest absolute Gasteiger partial charge is 0.481 e. The van der Waals surface area contributed by atoms with Gasteiger partial charge in [0.2, 0.25) is 5.88 Å². The third-order valence-corrected chi connectivity index (χ3v) is 3.45. The smallest absolute Gasteiger partial charge is 0.323 e. The number of nitrogens with one attached hydrogen (secondary N) is 1. The molecule has 2 heterocycles. The number of aromatic nitrogens is 2. The Bertz CT molecular complexity index is 438. The minimum atomic E-state index is -0.0905. The average Bonchev–Trinajstić information content (AvgIpc) is 2.47. The van der Waals surface area contributed by atoms with Crippen LogP contribution in [0.25, 0.3) is 0 Å². The topological polar surface area (TPSA) is 67.4 Å². The lowest BCUT2D eigenvalue weighted by Crippen LogP contribution is -2.45. The van der Waals surface area contributed by atoms with Crippen molar-refractivity contribution in [1.29, 1.82) is 0 Å². The second-order valence-electron chi connectivity index (χ2n) is 4.63. The maximum absolute atomic E-state index is 12.3. The Hall–Kier alpha value is -1.85. The molecule has 1 fully saturated rings. The molecular formula is C13H20N4O2. The molecule has 2 rings (SSSR count). The Balaban J connectivity index is 2.02. The molecule has 0 spiro atoms. The summed E-state index contributed by atoms with van der Waals surface area (Å²) in [5, 5.41) is 2.81.